The lowest BCUT2D eigenvalue weighted by Crippen LogP contribution is -2.27. The molecule has 0 radical (unpaired) electrons. The molecule has 1 amide bonds. The first-order chi connectivity index (χ1) is 8.70. The second kappa shape index (κ2) is 5.20. The van der Waals surface area contributed by atoms with Crippen LogP contribution in [0.5, 0.6) is 0 Å². The van der Waals surface area contributed by atoms with Gasteiger partial charge in [0, 0.05) is 28.1 Å². The molecule has 1 fully saturated rings. The monoisotopic (exact) mass is 389 g/mol. The molecular formula is C10H7BrCl2FNO3S. The molecule has 0 N–H and O–H groups in total. The van der Waals surface area contributed by atoms with Gasteiger partial charge in [0.1, 0.15) is 11.1 Å². The van der Waals surface area contributed by atoms with Crippen LogP contribution in [0.2, 0.25) is 5.02 Å². The maximum atomic E-state index is 13.8. The Labute approximate surface area is 127 Å². The third-order valence-electron chi connectivity index (χ3n) is 2.77. The first-order valence-corrected chi connectivity index (χ1v) is 8.63. The molecule has 104 valence electrons. The Morgan fingerprint density at radius 1 is 1.42 bits per heavy atom. The lowest BCUT2D eigenvalue weighted by Gasteiger charge is -2.17. The molecule has 1 aromatic carbocycles. The summed E-state index contributed by atoms with van der Waals surface area (Å²) in [6, 6.07) is 2.38. The molecular weight excluding hydrogens is 384 g/mol. The van der Waals surface area contributed by atoms with Gasteiger partial charge in [-0.25, -0.2) is 12.8 Å². The third kappa shape index (κ3) is 3.04. The van der Waals surface area contributed by atoms with Gasteiger partial charge in [0.25, 0.3) is 0 Å². The van der Waals surface area contributed by atoms with E-state index in [1.165, 1.54) is 6.07 Å². The van der Waals surface area contributed by atoms with Crippen molar-refractivity contribution in [2.75, 3.05) is 11.4 Å². The van der Waals surface area contributed by atoms with Crippen LogP contribution >= 0.6 is 38.2 Å². The van der Waals surface area contributed by atoms with Gasteiger partial charge in [-0.3, -0.25) is 4.79 Å². The van der Waals surface area contributed by atoms with Crippen molar-refractivity contribution in [1.82, 2.24) is 0 Å². The Morgan fingerprint density at radius 3 is 2.58 bits per heavy atom. The number of nitrogens with zero attached hydrogens (tertiary/aromatic N) is 1. The van der Waals surface area contributed by atoms with Crippen LogP contribution in [0.15, 0.2) is 16.6 Å². The number of carbonyl (C=O) groups is 1. The summed E-state index contributed by atoms with van der Waals surface area (Å²) in [4.78, 5) is 12.8. The van der Waals surface area contributed by atoms with Crippen LogP contribution in [-0.4, -0.2) is 26.1 Å². The molecule has 4 nitrogen and oxygen atoms in total. The number of rotatable bonds is 2. The summed E-state index contributed by atoms with van der Waals surface area (Å²) in [5, 5.41) is -0.815. The van der Waals surface area contributed by atoms with Gasteiger partial charge in [0.15, 0.2) is 0 Å². The Hall–Kier alpha value is -0.370. The van der Waals surface area contributed by atoms with Crippen LogP contribution in [0.3, 0.4) is 0 Å². The lowest BCUT2D eigenvalue weighted by atomic mass is 10.3. The number of carbonyl (C=O) groups excluding carboxylic acids is 1. The van der Waals surface area contributed by atoms with E-state index >= 15 is 0 Å². The summed E-state index contributed by atoms with van der Waals surface area (Å²) in [6.45, 7) is -0.181. The van der Waals surface area contributed by atoms with Crippen LogP contribution in [0.4, 0.5) is 10.1 Å². The van der Waals surface area contributed by atoms with E-state index < -0.39 is 26.0 Å². The van der Waals surface area contributed by atoms with E-state index in [1.54, 1.807) is 0 Å². The minimum absolute atomic E-state index is 0.0546. The zero-order chi connectivity index (χ0) is 14.4. The predicted octanol–water partition coefficient (Wildman–Crippen LogP) is 2.92. The molecule has 1 saturated heterocycles. The first-order valence-electron chi connectivity index (χ1n) is 5.08. The summed E-state index contributed by atoms with van der Waals surface area (Å²) in [6.07, 6.45) is -0.265. The van der Waals surface area contributed by atoms with Crippen molar-refractivity contribution < 1.29 is 17.6 Å². The van der Waals surface area contributed by atoms with Crippen LogP contribution in [0, 0.1) is 5.82 Å². The largest absolute Gasteiger partial charge is 0.308 e. The van der Waals surface area contributed by atoms with E-state index in [0.717, 1.165) is 11.0 Å². The second-order valence-electron chi connectivity index (χ2n) is 4.02. The van der Waals surface area contributed by atoms with Crippen molar-refractivity contribution in [1.29, 1.82) is 0 Å². The molecule has 0 spiro atoms. The van der Waals surface area contributed by atoms with Gasteiger partial charge >= 0.3 is 0 Å². The number of amides is 1. The van der Waals surface area contributed by atoms with Crippen molar-refractivity contribution >= 4 is 58.9 Å². The zero-order valence-corrected chi connectivity index (χ0v) is 13.2. The predicted molar refractivity (Wildman–Crippen MR) is 74.6 cm³/mol. The quantitative estimate of drug-likeness (QED) is 0.576. The van der Waals surface area contributed by atoms with Gasteiger partial charge in [0.05, 0.1) is 10.7 Å². The lowest BCUT2D eigenvalue weighted by molar-refractivity contribution is -0.117. The average Bonchev–Trinajstić information content (AvgIpc) is 2.65. The number of hydrogen-bond donors (Lipinski definition) is 0. The highest BCUT2D eigenvalue weighted by Gasteiger charge is 2.39. The number of hydrogen-bond acceptors (Lipinski definition) is 3. The summed E-state index contributed by atoms with van der Waals surface area (Å²) in [5.74, 6) is -1.18. The summed E-state index contributed by atoms with van der Waals surface area (Å²) in [7, 11) is 1.36. The third-order valence-corrected chi connectivity index (χ3v) is 5.83. The van der Waals surface area contributed by atoms with Crippen LogP contribution in [-0.2, 0) is 13.8 Å². The van der Waals surface area contributed by atoms with Gasteiger partial charge < -0.3 is 4.90 Å². The fourth-order valence-electron chi connectivity index (χ4n) is 1.82. The average molecular weight is 391 g/mol. The SMILES string of the molecule is O=C1CC(S(=O)(=O)Cl)CN1c1cc(Cl)c(Br)cc1F. The van der Waals surface area contributed by atoms with E-state index in [1.807, 2.05) is 0 Å². The van der Waals surface area contributed by atoms with Crippen LogP contribution in [0.25, 0.3) is 0 Å². The van der Waals surface area contributed by atoms with Crippen LogP contribution < -0.4 is 4.90 Å². The summed E-state index contributed by atoms with van der Waals surface area (Å²) < 4.78 is 36.6. The highest BCUT2D eigenvalue weighted by molar-refractivity contribution is 9.10. The van der Waals surface area contributed by atoms with Crippen molar-refractivity contribution in [3.05, 3.63) is 27.4 Å². The van der Waals surface area contributed by atoms with Crippen molar-refractivity contribution in [2.45, 2.75) is 11.7 Å². The van der Waals surface area contributed by atoms with Gasteiger partial charge in [-0.2, -0.15) is 0 Å². The standard InChI is InChI=1S/C10H7BrCl2FNO3S/c11-6-2-8(14)9(3-7(6)12)15-4-5(1-10(15)16)19(13,17)18/h2-3,5H,1,4H2. The molecule has 0 aliphatic carbocycles. The highest BCUT2D eigenvalue weighted by Crippen LogP contribution is 2.34. The Bertz CT molecular complexity index is 652. The van der Waals surface area contributed by atoms with E-state index in [-0.39, 0.29) is 23.7 Å². The van der Waals surface area contributed by atoms with Gasteiger partial charge in [-0.15, -0.1) is 0 Å². The molecule has 1 heterocycles. The maximum Gasteiger partial charge on any atom is 0.237 e. The van der Waals surface area contributed by atoms with E-state index in [0.29, 0.717) is 4.47 Å². The fraction of sp³-hybridized carbons (Fsp3) is 0.300. The number of halogens is 4. The Morgan fingerprint density at radius 2 is 2.05 bits per heavy atom. The molecule has 0 bridgehead atoms. The highest BCUT2D eigenvalue weighted by atomic mass is 79.9. The topological polar surface area (TPSA) is 54.5 Å². The number of anilines is 1. The van der Waals surface area contributed by atoms with Crippen LogP contribution in [0.1, 0.15) is 6.42 Å². The van der Waals surface area contributed by atoms with Crippen molar-refractivity contribution in [3.63, 3.8) is 0 Å². The van der Waals surface area contributed by atoms with E-state index in [4.69, 9.17) is 22.3 Å². The van der Waals surface area contributed by atoms with Gasteiger partial charge in [-0.05, 0) is 28.1 Å². The fourth-order valence-corrected chi connectivity index (χ4v) is 3.32. The smallest absolute Gasteiger partial charge is 0.237 e. The summed E-state index contributed by atoms with van der Waals surface area (Å²) >= 11 is 8.90. The molecule has 1 aliphatic heterocycles. The first kappa shape index (κ1) is 15.0. The van der Waals surface area contributed by atoms with E-state index in [9.17, 15) is 17.6 Å². The maximum absolute atomic E-state index is 13.8. The molecule has 0 saturated carbocycles. The molecule has 1 aliphatic rings. The second-order valence-corrected chi connectivity index (χ2v) is 8.19. The molecule has 0 aromatic heterocycles. The molecule has 1 atom stereocenters. The molecule has 1 unspecified atom stereocenters. The van der Waals surface area contributed by atoms with E-state index in [2.05, 4.69) is 15.9 Å². The Balaban J connectivity index is 2.39. The molecule has 1 aromatic rings. The number of benzene rings is 1. The Kier molecular flexibility index (Phi) is 4.11. The van der Waals surface area contributed by atoms with Crippen molar-refractivity contribution in [3.8, 4) is 0 Å². The van der Waals surface area contributed by atoms with Gasteiger partial charge in [-0.1, -0.05) is 11.6 Å². The zero-order valence-electron chi connectivity index (χ0n) is 9.24. The van der Waals surface area contributed by atoms with Gasteiger partial charge in [0.2, 0.25) is 15.0 Å². The minimum Gasteiger partial charge on any atom is -0.308 e. The normalized spacial score (nSPS) is 20.1. The molecule has 2 rings (SSSR count). The van der Waals surface area contributed by atoms with Crippen molar-refractivity contribution in [2.24, 2.45) is 0 Å². The minimum atomic E-state index is -3.86. The molecule has 19 heavy (non-hydrogen) atoms. The molecule has 9 heteroatoms. The summed E-state index contributed by atoms with van der Waals surface area (Å²) in [5.41, 5.74) is -0.0546.